The van der Waals surface area contributed by atoms with Crippen LogP contribution in [0.15, 0.2) is 121 Å². The van der Waals surface area contributed by atoms with Crippen LogP contribution >= 0.6 is 0 Å². The first-order valence-electron chi connectivity index (χ1n) is 24.1. The molecule has 5 aromatic rings. The first-order valence-corrected chi connectivity index (χ1v) is 34.7. The topological polar surface area (TPSA) is 114 Å². The summed E-state index contributed by atoms with van der Waals surface area (Å²) < 4.78 is 65.9. The van der Waals surface area contributed by atoms with Gasteiger partial charge < -0.3 is 23.7 Å². The van der Waals surface area contributed by atoms with Crippen LogP contribution in [0.3, 0.4) is 0 Å². The van der Waals surface area contributed by atoms with Crippen molar-refractivity contribution in [3.05, 3.63) is 149 Å². The molecule has 0 radical (unpaired) electrons. The number of hydrogen-bond donors (Lipinski definition) is 0. The van der Waals surface area contributed by atoms with Gasteiger partial charge in [-0.15, -0.1) is 0 Å². The lowest BCUT2D eigenvalue weighted by atomic mass is 10.1. The molecule has 0 spiro atoms. The third-order valence-electron chi connectivity index (χ3n) is 11.6. The highest BCUT2D eigenvalue weighted by Gasteiger charge is 2.35. The van der Waals surface area contributed by atoms with Gasteiger partial charge in [-0.1, -0.05) is 121 Å². The van der Waals surface area contributed by atoms with Crippen LogP contribution in [-0.2, 0) is 6.18 Å². The van der Waals surface area contributed by atoms with Gasteiger partial charge in [-0.3, -0.25) is 0 Å². The van der Waals surface area contributed by atoms with Gasteiger partial charge in [0.25, 0.3) is 0 Å². The maximum atomic E-state index is 13.0. The van der Waals surface area contributed by atoms with Crippen LogP contribution in [-0.4, -0.2) is 54.7 Å². The average molecular weight is 1010 g/mol. The molecular formula is C55H67F3O9Si3. The molecule has 0 atom stereocenters. The van der Waals surface area contributed by atoms with E-state index >= 15 is 0 Å². The zero-order valence-electron chi connectivity index (χ0n) is 41.5. The van der Waals surface area contributed by atoms with Gasteiger partial charge in [0.1, 0.15) is 28.7 Å². The Balaban J connectivity index is 0.950. The lowest BCUT2D eigenvalue weighted by Gasteiger charge is -2.36. The Morgan fingerprint density at radius 3 is 1.24 bits per heavy atom. The quantitative estimate of drug-likeness (QED) is 0.0244. The average Bonchev–Trinajstić information content (AvgIpc) is 3.28. The van der Waals surface area contributed by atoms with Crippen molar-refractivity contribution in [1.82, 2.24) is 0 Å². The molecule has 0 aromatic heterocycles. The lowest BCUT2D eigenvalue weighted by molar-refractivity contribution is -0.137. The molecule has 0 N–H and O–H groups in total. The van der Waals surface area contributed by atoms with Crippen LogP contribution in [0.4, 0.5) is 13.2 Å². The smallest absolute Gasteiger partial charge is 0.416 e. The van der Waals surface area contributed by atoms with Crippen molar-refractivity contribution in [2.75, 3.05) is 6.61 Å². The number of benzene rings is 5. The van der Waals surface area contributed by atoms with E-state index in [4.69, 9.17) is 23.7 Å². The maximum Gasteiger partial charge on any atom is 0.416 e. The zero-order valence-corrected chi connectivity index (χ0v) is 44.5. The zero-order chi connectivity index (χ0) is 51.0. The molecule has 374 valence electrons. The van der Waals surface area contributed by atoms with E-state index in [1.54, 1.807) is 35.6 Å². The summed E-state index contributed by atoms with van der Waals surface area (Å²) in [5, 5.41) is 0. The minimum absolute atomic E-state index is 0.0660. The number of carbonyl (C=O) groups excluding carboxylic acids is 4. The number of carbonyl (C=O) groups is 4. The number of unbranched alkanes of at least 4 members (excludes halogenated alkanes) is 8. The second-order valence-electron chi connectivity index (χ2n) is 20.7. The number of ether oxygens (including phenoxy) is 5. The van der Waals surface area contributed by atoms with E-state index < -0.39 is 59.8 Å². The number of esters is 4. The highest BCUT2D eigenvalue weighted by atomic mass is 28.4. The molecule has 0 aliphatic heterocycles. The number of rotatable bonds is 25. The summed E-state index contributed by atoms with van der Waals surface area (Å²) in [6.07, 6.45) is 6.87. The van der Waals surface area contributed by atoms with Crippen LogP contribution in [0.2, 0.25) is 63.2 Å². The maximum absolute atomic E-state index is 13.0. The molecule has 0 saturated heterocycles. The SMILES string of the molecule is C[Si](C)(C)C[Si](C)(C)C[Si](C)(C)CCCCCCCCCCCOc1ccc(C(=O)Oc2ccc(C(=O)Oc3cccc(C(=O)Oc4ccc(C(=O)Oc5ccc(C(F)(F)F)cc5)cc4)c3)cc2)cc1. The number of halogens is 3. The fourth-order valence-electron chi connectivity index (χ4n) is 9.08. The molecule has 0 fully saturated rings. The molecule has 70 heavy (non-hydrogen) atoms. The molecule has 0 unspecified atom stereocenters. The molecular weight excluding hydrogens is 946 g/mol. The summed E-state index contributed by atoms with van der Waals surface area (Å²) in [7, 11) is -3.16. The number of alkyl halides is 3. The molecule has 9 nitrogen and oxygen atoms in total. The van der Waals surface area contributed by atoms with Gasteiger partial charge in [0.15, 0.2) is 0 Å². The molecule has 5 aromatic carbocycles. The van der Waals surface area contributed by atoms with Crippen LogP contribution in [0, 0.1) is 0 Å². The van der Waals surface area contributed by atoms with Gasteiger partial charge in [-0.05, 0) is 122 Å². The predicted molar refractivity (Wildman–Crippen MR) is 277 cm³/mol. The lowest BCUT2D eigenvalue weighted by Crippen LogP contribution is -2.44. The normalized spacial score (nSPS) is 12.0. The summed E-state index contributed by atoms with van der Waals surface area (Å²) >= 11 is 0. The van der Waals surface area contributed by atoms with Gasteiger partial charge in [0, 0.05) is 24.2 Å². The molecule has 5 rings (SSSR count). The van der Waals surface area contributed by atoms with Crippen molar-refractivity contribution in [3.8, 4) is 28.7 Å². The van der Waals surface area contributed by atoms with Crippen LogP contribution in [0.1, 0.15) is 105 Å². The fraction of sp³-hybridized carbons (Fsp3) is 0.382. The molecule has 0 heterocycles. The van der Waals surface area contributed by atoms with E-state index in [9.17, 15) is 32.3 Å². The van der Waals surface area contributed by atoms with Crippen molar-refractivity contribution < 1.29 is 56.0 Å². The molecule has 0 amide bonds. The summed E-state index contributed by atoms with van der Waals surface area (Å²) in [5.74, 6) is -1.89. The van der Waals surface area contributed by atoms with E-state index in [0.717, 1.165) is 37.1 Å². The molecule has 0 saturated carbocycles. The summed E-state index contributed by atoms with van der Waals surface area (Å²) in [4.78, 5) is 51.2. The Hall–Kier alpha value is -5.78. The third kappa shape index (κ3) is 19.2. The van der Waals surface area contributed by atoms with Crippen molar-refractivity contribution in [2.24, 2.45) is 0 Å². The Morgan fingerprint density at radius 2 is 0.800 bits per heavy atom. The largest absolute Gasteiger partial charge is 0.494 e. The van der Waals surface area contributed by atoms with E-state index in [-0.39, 0.29) is 39.7 Å². The van der Waals surface area contributed by atoms with Crippen molar-refractivity contribution in [2.45, 2.75) is 127 Å². The standard InChI is InChI=1S/C55H67F3O9Si3/c1-68(2,3)39-70(6,7)40-69(4,5)37-16-14-12-10-8-9-11-13-15-36-63-46-28-20-41(21-29-46)51(59)64-47-30-24-43(25-31-47)53(61)67-50-19-17-18-44(38-50)54(62)66-48-32-22-42(23-33-48)52(60)65-49-34-26-45(27-35-49)55(56,57)58/h17-35,38H,8-16,36-37,39-40H2,1-7H3. The summed E-state index contributed by atoms with van der Waals surface area (Å²) in [6, 6.07) is 29.0. The fourth-order valence-corrected chi connectivity index (χ4v) is 34.5. The Morgan fingerprint density at radius 1 is 0.414 bits per heavy atom. The molecule has 0 aliphatic rings. The van der Waals surface area contributed by atoms with Crippen molar-refractivity contribution in [1.29, 1.82) is 0 Å². The summed E-state index contributed by atoms with van der Waals surface area (Å²) in [6.45, 7) is 18.8. The Labute approximate surface area is 414 Å². The van der Waals surface area contributed by atoms with Crippen LogP contribution in [0.25, 0.3) is 0 Å². The first-order chi connectivity index (χ1) is 33.0. The van der Waals surface area contributed by atoms with Gasteiger partial charge >= 0.3 is 30.1 Å². The molecule has 15 heteroatoms. The minimum atomic E-state index is -4.52. The Kier molecular flexibility index (Phi) is 20.0. The summed E-state index contributed by atoms with van der Waals surface area (Å²) in [5.41, 5.74) is 2.92. The number of hydrogen-bond acceptors (Lipinski definition) is 9. The predicted octanol–water partition coefficient (Wildman–Crippen LogP) is 15.3. The highest BCUT2D eigenvalue weighted by molar-refractivity contribution is 7.02. The van der Waals surface area contributed by atoms with Gasteiger partial charge in [-0.2, -0.15) is 13.2 Å². The van der Waals surface area contributed by atoms with Crippen LogP contribution < -0.4 is 23.7 Å². The van der Waals surface area contributed by atoms with Crippen LogP contribution in [0.5, 0.6) is 28.7 Å². The first kappa shape index (κ1) is 55.2. The van der Waals surface area contributed by atoms with Gasteiger partial charge in [0.2, 0.25) is 0 Å². The van der Waals surface area contributed by atoms with Crippen molar-refractivity contribution >= 4 is 48.1 Å². The Bertz CT molecular complexity index is 2480. The van der Waals surface area contributed by atoms with E-state index in [1.807, 2.05) is 0 Å². The van der Waals surface area contributed by atoms with Gasteiger partial charge in [-0.25, -0.2) is 19.2 Å². The third-order valence-corrected chi connectivity index (χ3v) is 29.0. The second kappa shape index (κ2) is 25.4. The molecule has 0 bridgehead atoms. The monoisotopic (exact) mass is 1010 g/mol. The van der Waals surface area contributed by atoms with E-state index in [0.29, 0.717) is 17.9 Å². The van der Waals surface area contributed by atoms with E-state index in [2.05, 4.69) is 45.8 Å². The minimum Gasteiger partial charge on any atom is -0.494 e. The van der Waals surface area contributed by atoms with Crippen molar-refractivity contribution in [3.63, 3.8) is 0 Å². The van der Waals surface area contributed by atoms with E-state index in [1.165, 1.54) is 124 Å². The molecule has 0 aliphatic carbocycles. The van der Waals surface area contributed by atoms with Gasteiger partial charge in [0.05, 0.1) is 34.4 Å². The second-order valence-corrected chi connectivity index (χ2v) is 37.8. The highest BCUT2D eigenvalue weighted by Crippen LogP contribution is 2.32.